The fraction of sp³-hybridized carbons (Fsp3) is 0.667. The van der Waals surface area contributed by atoms with E-state index in [0.29, 0.717) is 37.4 Å². The predicted octanol–water partition coefficient (Wildman–Crippen LogP) is 4.91. The van der Waals surface area contributed by atoms with Crippen LogP contribution in [0, 0.1) is 25.7 Å². The number of methoxy groups -OCH3 is 1. The van der Waals surface area contributed by atoms with Crippen molar-refractivity contribution in [2.75, 3.05) is 20.2 Å². The van der Waals surface area contributed by atoms with Crippen LogP contribution in [0.15, 0.2) is 18.2 Å². The van der Waals surface area contributed by atoms with Crippen LogP contribution in [0.3, 0.4) is 0 Å². The van der Waals surface area contributed by atoms with Crippen molar-refractivity contribution in [3.8, 4) is 0 Å². The summed E-state index contributed by atoms with van der Waals surface area (Å²) in [6.45, 7) is 11.2. The summed E-state index contributed by atoms with van der Waals surface area (Å²) < 4.78 is 8.33. The van der Waals surface area contributed by atoms with E-state index in [0.717, 1.165) is 54.9 Å². The molecular weight excluding hydrogens is 464 g/mol. The van der Waals surface area contributed by atoms with Crippen LogP contribution in [0.5, 0.6) is 0 Å². The van der Waals surface area contributed by atoms with Crippen molar-refractivity contribution in [1.29, 1.82) is 0 Å². The molecule has 7 heteroatoms. The summed E-state index contributed by atoms with van der Waals surface area (Å²) >= 11 is 0. The molecule has 2 heterocycles. The number of aryl methyl sites for hydroxylation is 2. The number of hydrogen-bond acceptors (Lipinski definition) is 5. The zero-order chi connectivity index (χ0) is 26.5. The molecule has 2 atom stereocenters. The van der Waals surface area contributed by atoms with Gasteiger partial charge < -0.3 is 14.2 Å². The van der Waals surface area contributed by atoms with Crippen LogP contribution in [0.4, 0.5) is 0 Å². The van der Waals surface area contributed by atoms with Gasteiger partial charge in [0.2, 0.25) is 5.91 Å². The Kier molecular flexibility index (Phi) is 7.03. The van der Waals surface area contributed by atoms with Crippen molar-refractivity contribution >= 4 is 11.7 Å². The first-order valence-corrected chi connectivity index (χ1v) is 13.9. The lowest BCUT2D eigenvalue weighted by molar-refractivity contribution is -0.128. The Balaban J connectivity index is 1.42. The molecule has 3 aliphatic rings. The Labute approximate surface area is 221 Å². The molecule has 0 radical (unpaired) electrons. The quantitative estimate of drug-likeness (QED) is 0.483. The van der Waals surface area contributed by atoms with Gasteiger partial charge in [-0.1, -0.05) is 37.6 Å². The van der Waals surface area contributed by atoms with E-state index in [4.69, 9.17) is 14.9 Å². The number of hydrogen-bond donors (Lipinski definition) is 0. The number of amides is 1. The fourth-order valence-electron chi connectivity index (χ4n) is 6.75. The molecule has 5 rings (SSSR count). The third kappa shape index (κ3) is 5.12. The largest absolute Gasteiger partial charge is 0.378 e. The van der Waals surface area contributed by atoms with Gasteiger partial charge >= 0.3 is 0 Å². The Hall–Kier alpha value is -2.54. The maximum atomic E-state index is 13.7. The van der Waals surface area contributed by atoms with Gasteiger partial charge in [-0.3, -0.25) is 9.59 Å². The summed E-state index contributed by atoms with van der Waals surface area (Å²) in [5.74, 6) is 2.68. The second kappa shape index (κ2) is 9.97. The average Bonchev–Trinajstić information content (AvgIpc) is 3.39. The van der Waals surface area contributed by atoms with E-state index < -0.39 is 0 Å². The minimum Gasteiger partial charge on any atom is -0.378 e. The zero-order valence-electron chi connectivity index (χ0n) is 23.3. The zero-order valence-corrected chi connectivity index (χ0v) is 23.3. The van der Waals surface area contributed by atoms with E-state index in [9.17, 15) is 9.59 Å². The van der Waals surface area contributed by atoms with Gasteiger partial charge in [-0.2, -0.15) is 0 Å². The average molecular weight is 507 g/mol. The van der Waals surface area contributed by atoms with Crippen LogP contribution in [-0.4, -0.2) is 57.2 Å². The predicted molar refractivity (Wildman–Crippen MR) is 143 cm³/mol. The van der Waals surface area contributed by atoms with E-state index in [2.05, 4.69) is 50.5 Å². The van der Waals surface area contributed by atoms with Crippen molar-refractivity contribution in [1.82, 2.24) is 19.7 Å². The van der Waals surface area contributed by atoms with Gasteiger partial charge in [0.15, 0.2) is 0 Å². The summed E-state index contributed by atoms with van der Waals surface area (Å²) in [5.41, 5.74) is 3.34. The maximum absolute atomic E-state index is 13.7. The summed E-state index contributed by atoms with van der Waals surface area (Å²) in [6, 6.07) is 6.67. The number of benzene rings is 1. The van der Waals surface area contributed by atoms with Crippen LogP contribution in [0.2, 0.25) is 0 Å². The Morgan fingerprint density at radius 1 is 1.11 bits per heavy atom. The molecule has 1 amide bonds. The van der Waals surface area contributed by atoms with Gasteiger partial charge in [-0.15, -0.1) is 10.2 Å². The highest BCUT2D eigenvalue weighted by Crippen LogP contribution is 2.52. The van der Waals surface area contributed by atoms with Crippen molar-refractivity contribution in [2.45, 2.75) is 96.6 Å². The Morgan fingerprint density at radius 3 is 2.41 bits per heavy atom. The van der Waals surface area contributed by atoms with Crippen molar-refractivity contribution in [3.63, 3.8) is 0 Å². The summed E-state index contributed by atoms with van der Waals surface area (Å²) in [6.07, 6.45) is 5.61. The van der Waals surface area contributed by atoms with Crippen LogP contribution >= 0.6 is 0 Å². The molecule has 0 bridgehead atoms. The highest BCUT2D eigenvalue weighted by molar-refractivity contribution is 5.86. The molecule has 1 saturated heterocycles. The van der Waals surface area contributed by atoms with Crippen LogP contribution in [0.1, 0.15) is 99.1 Å². The standard InChI is InChI=1S/C30H42N4O3/c1-18(2)13-30(37-6)14-23(15-30)28-31-32-29(34(28)24-9-10-24)26-17-33(21(5)35)16-25(26)27(36)12-22-8-7-19(3)11-20(22)4/h7-8,11,18,23-26H,9-10,12-17H2,1-6H3/t23?,25-,26-,30?/m0/s1. The summed E-state index contributed by atoms with van der Waals surface area (Å²) in [7, 11) is 1.83. The molecule has 2 saturated carbocycles. The normalized spacial score (nSPS) is 27.5. The number of likely N-dealkylation sites (tertiary alicyclic amines) is 1. The van der Waals surface area contributed by atoms with Crippen molar-refractivity contribution in [3.05, 3.63) is 46.5 Å². The van der Waals surface area contributed by atoms with Crippen LogP contribution in [-0.2, 0) is 20.7 Å². The minimum absolute atomic E-state index is 0.0158. The van der Waals surface area contributed by atoms with Gasteiger partial charge in [0.25, 0.3) is 0 Å². The van der Waals surface area contributed by atoms with E-state index >= 15 is 0 Å². The SMILES string of the molecule is COC1(CC(C)C)CC(c2nnc([C@H]3CN(C(C)=O)C[C@@H]3C(=O)Cc3ccc(C)cc3C)n2C2CC2)C1. The molecule has 3 fully saturated rings. The molecule has 0 N–H and O–H groups in total. The number of nitrogens with zero attached hydrogens (tertiary/aromatic N) is 4. The van der Waals surface area contributed by atoms with Crippen molar-refractivity contribution < 1.29 is 14.3 Å². The highest BCUT2D eigenvalue weighted by Gasteiger charge is 2.50. The molecule has 1 aromatic heterocycles. The molecular formula is C30H42N4O3. The Morgan fingerprint density at radius 2 is 1.81 bits per heavy atom. The smallest absolute Gasteiger partial charge is 0.219 e. The van der Waals surface area contributed by atoms with Gasteiger partial charge in [-0.05, 0) is 63.0 Å². The fourth-order valence-corrected chi connectivity index (χ4v) is 6.75. The summed E-state index contributed by atoms with van der Waals surface area (Å²) in [4.78, 5) is 27.9. The van der Waals surface area contributed by atoms with Gasteiger partial charge in [0.1, 0.15) is 17.4 Å². The van der Waals surface area contributed by atoms with E-state index in [1.165, 1.54) is 5.56 Å². The molecule has 1 aromatic carbocycles. The van der Waals surface area contributed by atoms with E-state index in [1.807, 2.05) is 12.0 Å². The molecule has 2 aliphatic carbocycles. The van der Waals surface area contributed by atoms with Gasteiger partial charge in [0.05, 0.1) is 5.60 Å². The molecule has 7 nitrogen and oxygen atoms in total. The Bertz CT molecular complexity index is 1180. The molecule has 2 aromatic rings. The topological polar surface area (TPSA) is 77.3 Å². The lowest BCUT2D eigenvalue weighted by atomic mass is 9.67. The second-order valence-electron chi connectivity index (χ2n) is 12.3. The van der Waals surface area contributed by atoms with Crippen LogP contribution < -0.4 is 0 Å². The summed E-state index contributed by atoms with van der Waals surface area (Å²) in [5, 5.41) is 9.48. The number of ketones is 1. The lowest BCUT2D eigenvalue weighted by Crippen LogP contribution is -2.46. The number of rotatable bonds is 9. The third-order valence-electron chi connectivity index (χ3n) is 8.85. The first-order valence-electron chi connectivity index (χ1n) is 13.9. The number of aromatic nitrogens is 3. The lowest BCUT2D eigenvalue weighted by Gasteiger charge is -2.47. The number of ether oxygens (including phenoxy) is 1. The molecule has 0 spiro atoms. The van der Waals surface area contributed by atoms with E-state index in [1.54, 1.807) is 6.92 Å². The highest BCUT2D eigenvalue weighted by atomic mass is 16.5. The first-order chi connectivity index (χ1) is 17.6. The van der Waals surface area contributed by atoms with E-state index in [-0.39, 0.29) is 29.1 Å². The van der Waals surface area contributed by atoms with Crippen molar-refractivity contribution in [2.24, 2.45) is 11.8 Å². The number of Topliss-reactive ketones (excluding diaryl/α,β-unsaturated/α-hetero) is 1. The first kappa shape index (κ1) is 26.1. The molecule has 200 valence electrons. The van der Waals surface area contributed by atoms with Crippen LogP contribution in [0.25, 0.3) is 0 Å². The molecule has 37 heavy (non-hydrogen) atoms. The number of carbonyl (C=O) groups excluding carboxylic acids is 2. The third-order valence-corrected chi connectivity index (χ3v) is 8.85. The molecule has 1 aliphatic heterocycles. The second-order valence-corrected chi connectivity index (χ2v) is 12.3. The van der Waals surface area contributed by atoms with Gasteiger partial charge in [-0.25, -0.2) is 0 Å². The molecule has 0 unspecified atom stereocenters. The minimum atomic E-state index is -0.264. The monoisotopic (exact) mass is 506 g/mol. The van der Waals surface area contributed by atoms with Gasteiger partial charge in [0, 0.05) is 57.3 Å². The maximum Gasteiger partial charge on any atom is 0.219 e. The number of carbonyl (C=O) groups is 2.